The molecule has 28 heavy (non-hydrogen) atoms. The van der Waals surface area contributed by atoms with Crippen LogP contribution in [0.4, 0.5) is 23.7 Å². The summed E-state index contributed by atoms with van der Waals surface area (Å²) in [5.74, 6) is 0. The van der Waals surface area contributed by atoms with Gasteiger partial charge in [0, 0.05) is 32.7 Å². The Labute approximate surface area is 166 Å². The average Bonchev–Trinajstić information content (AvgIpc) is 2.89. The number of hydrogen-bond donors (Lipinski definition) is 1. The van der Waals surface area contributed by atoms with Gasteiger partial charge in [0.1, 0.15) is 0 Å². The molecule has 1 fully saturated rings. The molecule has 3 rings (SSSR count). The van der Waals surface area contributed by atoms with Crippen LogP contribution in [0, 0.1) is 0 Å². The number of carbonyl (C=O) groups is 1. The number of para-hydroxylation sites is 1. The summed E-state index contributed by atoms with van der Waals surface area (Å²) >= 11 is 6.08. The van der Waals surface area contributed by atoms with E-state index >= 15 is 0 Å². The van der Waals surface area contributed by atoms with Gasteiger partial charge in [-0.15, -0.1) is 0 Å². The second kappa shape index (κ2) is 8.84. The number of rotatable bonds is 3. The first kappa shape index (κ1) is 20.5. The zero-order chi connectivity index (χ0) is 20.1. The molecule has 1 aliphatic heterocycles. The van der Waals surface area contributed by atoms with E-state index in [0.717, 1.165) is 30.7 Å². The molecule has 1 heterocycles. The van der Waals surface area contributed by atoms with Crippen molar-refractivity contribution < 1.29 is 18.0 Å². The molecule has 0 saturated carbocycles. The van der Waals surface area contributed by atoms with Crippen LogP contribution in [0.15, 0.2) is 48.5 Å². The first-order chi connectivity index (χ1) is 13.3. The van der Waals surface area contributed by atoms with Crippen molar-refractivity contribution in [3.63, 3.8) is 0 Å². The standard InChI is InChI=1S/C20H21ClF3N3O/c21-17-4-1-2-5-18(17)25-19(28)27-11-3-10-26(12-13-27)14-15-6-8-16(9-7-15)20(22,23)24/h1-2,4-9H,3,10-14H2,(H,25,28). The highest BCUT2D eigenvalue weighted by molar-refractivity contribution is 6.33. The molecule has 0 bridgehead atoms. The van der Waals surface area contributed by atoms with Gasteiger partial charge in [-0.1, -0.05) is 35.9 Å². The number of anilines is 1. The van der Waals surface area contributed by atoms with E-state index in [9.17, 15) is 18.0 Å². The largest absolute Gasteiger partial charge is 0.416 e. The first-order valence-corrected chi connectivity index (χ1v) is 9.40. The Morgan fingerprint density at radius 2 is 1.71 bits per heavy atom. The Balaban J connectivity index is 1.54. The van der Waals surface area contributed by atoms with E-state index in [1.165, 1.54) is 12.1 Å². The van der Waals surface area contributed by atoms with Gasteiger partial charge in [0.05, 0.1) is 16.3 Å². The summed E-state index contributed by atoms with van der Waals surface area (Å²) in [7, 11) is 0. The Bertz CT molecular complexity index is 811. The number of benzene rings is 2. The lowest BCUT2D eigenvalue weighted by atomic mass is 10.1. The van der Waals surface area contributed by atoms with E-state index in [1.807, 2.05) is 0 Å². The van der Waals surface area contributed by atoms with Crippen LogP contribution in [0.1, 0.15) is 17.5 Å². The normalized spacial score (nSPS) is 15.9. The van der Waals surface area contributed by atoms with Crippen LogP contribution in [0.3, 0.4) is 0 Å². The van der Waals surface area contributed by atoms with Crippen molar-refractivity contribution in [2.45, 2.75) is 19.1 Å². The number of amides is 2. The predicted octanol–water partition coefficient (Wildman–Crippen LogP) is 5.10. The van der Waals surface area contributed by atoms with Crippen molar-refractivity contribution in [2.24, 2.45) is 0 Å². The maximum absolute atomic E-state index is 12.7. The third-order valence-corrected chi connectivity index (χ3v) is 5.01. The summed E-state index contributed by atoms with van der Waals surface area (Å²) < 4.78 is 38.0. The lowest BCUT2D eigenvalue weighted by Crippen LogP contribution is -2.38. The lowest BCUT2D eigenvalue weighted by Gasteiger charge is -2.22. The van der Waals surface area contributed by atoms with Crippen molar-refractivity contribution >= 4 is 23.3 Å². The fourth-order valence-corrected chi connectivity index (χ4v) is 3.33. The minimum Gasteiger partial charge on any atom is -0.323 e. The van der Waals surface area contributed by atoms with Crippen LogP contribution in [-0.2, 0) is 12.7 Å². The van der Waals surface area contributed by atoms with Crippen molar-refractivity contribution in [3.05, 3.63) is 64.7 Å². The monoisotopic (exact) mass is 411 g/mol. The summed E-state index contributed by atoms with van der Waals surface area (Å²) in [6.45, 7) is 3.13. The van der Waals surface area contributed by atoms with E-state index in [1.54, 1.807) is 29.2 Å². The van der Waals surface area contributed by atoms with Crippen molar-refractivity contribution in [1.29, 1.82) is 0 Å². The van der Waals surface area contributed by atoms with Gasteiger partial charge in [-0.2, -0.15) is 13.2 Å². The maximum Gasteiger partial charge on any atom is 0.416 e. The maximum atomic E-state index is 12.7. The fraction of sp³-hybridized carbons (Fsp3) is 0.350. The zero-order valence-electron chi connectivity index (χ0n) is 15.2. The van der Waals surface area contributed by atoms with Crippen molar-refractivity contribution in [2.75, 3.05) is 31.5 Å². The van der Waals surface area contributed by atoms with Crippen LogP contribution in [-0.4, -0.2) is 42.0 Å². The Kier molecular flexibility index (Phi) is 6.46. The molecule has 8 heteroatoms. The van der Waals surface area contributed by atoms with Crippen molar-refractivity contribution in [1.82, 2.24) is 9.80 Å². The van der Waals surface area contributed by atoms with Gasteiger partial charge in [0.25, 0.3) is 0 Å². The lowest BCUT2D eigenvalue weighted by molar-refractivity contribution is -0.137. The minimum atomic E-state index is -4.32. The summed E-state index contributed by atoms with van der Waals surface area (Å²) in [6, 6.07) is 12.1. The molecule has 1 aliphatic rings. The number of carbonyl (C=O) groups excluding carboxylic acids is 1. The molecule has 2 amide bonds. The van der Waals surface area contributed by atoms with Gasteiger partial charge in [-0.25, -0.2) is 4.79 Å². The summed E-state index contributed by atoms with van der Waals surface area (Å²) in [6.07, 6.45) is -3.53. The van der Waals surface area contributed by atoms with Crippen LogP contribution >= 0.6 is 11.6 Å². The van der Waals surface area contributed by atoms with E-state index < -0.39 is 11.7 Å². The first-order valence-electron chi connectivity index (χ1n) is 9.02. The summed E-state index contributed by atoms with van der Waals surface area (Å²) in [4.78, 5) is 16.4. The van der Waals surface area contributed by atoms with Gasteiger partial charge in [-0.05, 0) is 36.2 Å². The minimum absolute atomic E-state index is 0.204. The molecule has 4 nitrogen and oxygen atoms in total. The topological polar surface area (TPSA) is 35.6 Å². The van der Waals surface area contributed by atoms with Crippen molar-refractivity contribution in [3.8, 4) is 0 Å². The zero-order valence-corrected chi connectivity index (χ0v) is 15.9. The Morgan fingerprint density at radius 3 is 2.39 bits per heavy atom. The van der Waals surface area contributed by atoms with Gasteiger partial charge in [-0.3, -0.25) is 4.90 Å². The number of nitrogens with zero attached hydrogens (tertiary/aromatic N) is 2. The van der Waals surface area contributed by atoms with Crippen LogP contribution in [0.25, 0.3) is 0 Å². The summed E-state index contributed by atoms with van der Waals surface area (Å²) in [5, 5.41) is 3.30. The number of hydrogen-bond acceptors (Lipinski definition) is 2. The molecule has 2 aromatic carbocycles. The highest BCUT2D eigenvalue weighted by atomic mass is 35.5. The summed E-state index contributed by atoms with van der Waals surface area (Å²) in [5.41, 5.74) is 0.747. The number of urea groups is 1. The van der Waals surface area contributed by atoms with Gasteiger partial charge in [0.2, 0.25) is 0 Å². The van der Waals surface area contributed by atoms with Crippen LogP contribution < -0.4 is 5.32 Å². The Morgan fingerprint density at radius 1 is 1.00 bits per heavy atom. The molecular weight excluding hydrogens is 391 g/mol. The number of nitrogens with one attached hydrogen (secondary N) is 1. The highest BCUT2D eigenvalue weighted by Crippen LogP contribution is 2.29. The van der Waals surface area contributed by atoms with Gasteiger partial charge in [0.15, 0.2) is 0 Å². The second-order valence-electron chi connectivity index (χ2n) is 6.72. The van der Waals surface area contributed by atoms with E-state index in [0.29, 0.717) is 36.9 Å². The number of halogens is 4. The predicted molar refractivity (Wildman–Crippen MR) is 103 cm³/mol. The second-order valence-corrected chi connectivity index (χ2v) is 7.13. The molecule has 150 valence electrons. The smallest absolute Gasteiger partial charge is 0.323 e. The molecule has 0 aromatic heterocycles. The van der Waals surface area contributed by atoms with Crippen LogP contribution in [0.2, 0.25) is 5.02 Å². The molecule has 0 unspecified atom stereocenters. The fourth-order valence-electron chi connectivity index (χ4n) is 3.15. The molecule has 0 spiro atoms. The van der Waals surface area contributed by atoms with Gasteiger partial charge >= 0.3 is 12.2 Å². The highest BCUT2D eigenvalue weighted by Gasteiger charge is 2.30. The molecule has 1 saturated heterocycles. The van der Waals surface area contributed by atoms with E-state index in [2.05, 4.69) is 10.2 Å². The molecule has 2 aromatic rings. The molecule has 1 N–H and O–H groups in total. The SMILES string of the molecule is O=C(Nc1ccccc1Cl)N1CCCN(Cc2ccc(C(F)(F)F)cc2)CC1. The third kappa shape index (κ3) is 5.39. The number of alkyl halides is 3. The quantitative estimate of drug-likeness (QED) is 0.762. The van der Waals surface area contributed by atoms with Crippen LogP contribution in [0.5, 0.6) is 0 Å². The average molecular weight is 412 g/mol. The van der Waals surface area contributed by atoms with E-state index in [4.69, 9.17) is 11.6 Å². The van der Waals surface area contributed by atoms with Gasteiger partial charge < -0.3 is 10.2 Å². The molecule has 0 radical (unpaired) electrons. The molecule has 0 atom stereocenters. The molecule has 0 aliphatic carbocycles. The Hall–Kier alpha value is -2.25. The van der Waals surface area contributed by atoms with E-state index in [-0.39, 0.29) is 6.03 Å². The molecular formula is C20H21ClF3N3O. The third-order valence-electron chi connectivity index (χ3n) is 4.68.